The van der Waals surface area contributed by atoms with Crippen LogP contribution in [0.4, 0.5) is 0 Å². The van der Waals surface area contributed by atoms with E-state index in [1.165, 1.54) is 0 Å². The van der Waals surface area contributed by atoms with Crippen molar-refractivity contribution in [3.63, 3.8) is 0 Å². The summed E-state index contributed by atoms with van der Waals surface area (Å²) in [5, 5.41) is 6.79. The minimum absolute atomic E-state index is 0.116. The van der Waals surface area contributed by atoms with E-state index in [2.05, 4.69) is 15.2 Å². The second-order valence-corrected chi connectivity index (χ2v) is 4.04. The highest BCUT2D eigenvalue weighted by atomic mass is 16.2. The molecule has 16 heavy (non-hydrogen) atoms. The van der Waals surface area contributed by atoms with E-state index in [0.29, 0.717) is 12.4 Å². The number of carbonyl (C=O) groups excluding carboxylic acids is 1. The maximum Gasteiger partial charge on any atom is 0.225 e. The number of rotatable bonds is 5. The lowest BCUT2D eigenvalue weighted by atomic mass is 10.0. The topological polar surface area (TPSA) is 61.9 Å². The van der Waals surface area contributed by atoms with Crippen LogP contribution >= 0.6 is 0 Å². The number of aromatic nitrogens is 3. The highest BCUT2D eigenvalue weighted by Crippen LogP contribution is 2.12. The van der Waals surface area contributed by atoms with Gasteiger partial charge in [0.1, 0.15) is 5.82 Å². The number of hydrogen-bond acceptors (Lipinski definition) is 3. The van der Waals surface area contributed by atoms with Crippen LogP contribution in [-0.4, -0.2) is 33.0 Å². The number of aromatic amines is 1. The number of H-pyrrole nitrogens is 1. The van der Waals surface area contributed by atoms with Crippen LogP contribution in [0.5, 0.6) is 0 Å². The Bertz CT molecular complexity index is 344. The summed E-state index contributed by atoms with van der Waals surface area (Å²) in [6, 6.07) is 0. The smallest absolute Gasteiger partial charge is 0.225 e. The van der Waals surface area contributed by atoms with E-state index in [0.717, 1.165) is 18.7 Å². The molecular formula is C11H20N4O. The molecule has 0 aliphatic carbocycles. The van der Waals surface area contributed by atoms with Crippen molar-refractivity contribution in [3.05, 3.63) is 11.6 Å². The van der Waals surface area contributed by atoms with Crippen LogP contribution in [0.2, 0.25) is 0 Å². The zero-order valence-electron chi connectivity index (χ0n) is 10.4. The highest BCUT2D eigenvalue weighted by molar-refractivity contribution is 5.78. The summed E-state index contributed by atoms with van der Waals surface area (Å²) in [5.74, 6) is 1.73. The first-order chi connectivity index (χ1) is 7.58. The van der Waals surface area contributed by atoms with Crippen molar-refractivity contribution >= 4 is 5.91 Å². The molecule has 1 amide bonds. The number of amides is 1. The summed E-state index contributed by atoms with van der Waals surface area (Å²) in [6.07, 6.45) is 1.76. The Kier molecular flexibility index (Phi) is 4.46. The summed E-state index contributed by atoms with van der Waals surface area (Å²) >= 11 is 0. The molecule has 1 N–H and O–H groups in total. The van der Waals surface area contributed by atoms with Crippen LogP contribution in [0, 0.1) is 12.8 Å². The number of hydrogen-bond donors (Lipinski definition) is 1. The van der Waals surface area contributed by atoms with Crippen molar-refractivity contribution in [2.75, 3.05) is 7.05 Å². The predicted octanol–water partition coefficient (Wildman–Crippen LogP) is 1.51. The van der Waals surface area contributed by atoms with Crippen LogP contribution in [-0.2, 0) is 11.3 Å². The van der Waals surface area contributed by atoms with Gasteiger partial charge in [-0.2, -0.15) is 5.10 Å². The van der Waals surface area contributed by atoms with Gasteiger partial charge in [0.2, 0.25) is 5.91 Å². The monoisotopic (exact) mass is 224 g/mol. The number of nitrogens with one attached hydrogen (secondary N) is 1. The van der Waals surface area contributed by atoms with Crippen molar-refractivity contribution in [1.29, 1.82) is 0 Å². The molecule has 5 heteroatoms. The Hall–Kier alpha value is -1.39. The van der Waals surface area contributed by atoms with E-state index in [1.54, 1.807) is 11.9 Å². The van der Waals surface area contributed by atoms with Gasteiger partial charge in [-0.05, 0) is 19.8 Å². The number of aryl methyl sites for hydroxylation is 1. The maximum absolute atomic E-state index is 12.0. The van der Waals surface area contributed by atoms with Gasteiger partial charge >= 0.3 is 0 Å². The third-order valence-corrected chi connectivity index (χ3v) is 2.73. The molecule has 5 nitrogen and oxygen atoms in total. The van der Waals surface area contributed by atoms with Gasteiger partial charge in [0.25, 0.3) is 0 Å². The molecule has 0 saturated heterocycles. The van der Waals surface area contributed by atoms with E-state index in [-0.39, 0.29) is 11.8 Å². The van der Waals surface area contributed by atoms with Gasteiger partial charge in [-0.1, -0.05) is 13.8 Å². The van der Waals surface area contributed by atoms with Crippen molar-refractivity contribution in [2.24, 2.45) is 5.92 Å². The molecule has 1 aromatic heterocycles. The second-order valence-electron chi connectivity index (χ2n) is 4.04. The Morgan fingerprint density at radius 1 is 1.44 bits per heavy atom. The standard InChI is InChI=1S/C11H20N4O/c1-5-9(6-2)11(16)15(4)7-10-12-8(3)13-14-10/h9H,5-7H2,1-4H3,(H,12,13,14). The molecule has 0 unspecified atom stereocenters. The number of nitrogens with zero attached hydrogens (tertiary/aromatic N) is 3. The zero-order valence-corrected chi connectivity index (χ0v) is 10.4. The molecule has 0 radical (unpaired) electrons. The average molecular weight is 224 g/mol. The van der Waals surface area contributed by atoms with E-state index in [1.807, 2.05) is 20.8 Å². The largest absolute Gasteiger partial charge is 0.338 e. The molecule has 0 spiro atoms. The first-order valence-corrected chi connectivity index (χ1v) is 5.71. The Balaban J connectivity index is 2.57. The summed E-state index contributed by atoms with van der Waals surface area (Å²) in [7, 11) is 1.80. The molecule has 0 bridgehead atoms. The fourth-order valence-corrected chi connectivity index (χ4v) is 1.70. The quantitative estimate of drug-likeness (QED) is 0.824. The van der Waals surface area contributed by atoms with Gasteiger partial charge in [0, 0.05) is 13.0 Å². The molecule has 1 rings (SSSR count). The summed E-state index contributed by atoms with van der Waals surface area (Å²) in [4.78, 5) is 17.9. The SMILES string of the molecule is CCC(CC)C(=O)N(C)Cc1n[nH]c(C)n1. The lowest BCUT2D eigenvalue weighted by molar-refractivity contribution is -0.135. The van der Waals surface area contributed by atoms with E-state index in [4.69, 9.17) is 0 Å². The van der Waals surface area contributed by atoms with Crippen LogP contribution in [0.25, 0.3) is 0 Å². The fraction of sp³-hybridized carbons (Fsp3) is 0.727. The fourth-order valence-electron chi connectivity index (χ4n) is 1.70. The lowest BCUT2D eigenvalue weighted by Gasteiger charge is -2.20. The first-order valence-electron chi connectivity index (χ1n) is 5.71. The molecule has 0 aromatic carbocycles. The van der Waals surface area contributed by atoms with E-state index >= 15 is 0 Å². The maximum atomic E-state index is 12.0. The van der Waals surface area contributed by atoms with Crippen molar-refractivity contribution in [3.8, 4) is 0 Å². The third kappa shape index (κ3) is 3.05. The van der Waals surface area contributed by atoms with Crippen LogP contribution in [0.15, 0.2) is 0 Å². The van der Waals surface area contributed by atoms with Gasteiger partial charge in [-0.3, -0.25) is 9.89 Å². The van der Waals surface area contributed by atoms with E-state index < -0.39 is 0 Å². The average Bonchev–Trinajstić information content (AvgIpc) is 2.65. The molecule has 0 aliphatic rings. The Morgan fingerprint density at radius 2 is 2.06 bits per heavy atom. The third-order valence-electron chi connectivity index (χ3n) is 2.73. The van der Waals surface area contributed by atoms with Crippen LogP contribution < -0.4 is 0 Å². The Morgan fingerprint density at radius 3 is 2.50 bits per heavy atom. The normalized spacial score (nSPS) is 10.8. The zero-order chi connectivity index (χ0) is 12.1. The van der Waals surface area contributed by atoms with Gasteiger partial charge < -0.3 is 4.90 Å². The van der Waals surface area contributed by atoms with Gasteiger partial charge in [0.15, 0.2) is 5.82 Å². The minimum Gasteiger partial charge on any atom is -0.338 e. The van der Waals surface area contributed by atoms with Gasteiger partial charge in [-0.25, -0.2) is 4.98 Å². The lowest BCUT2D eigenvalue weighted by Crippen LogP contribution is -2.32. The molecule has 90 valence electrons. The highest BCUT2D eigenvalue weighted by Gasteiger charge is 2.19. The van der Waals surface area contributed by atoms with Crippen LogP contribution in [0.1, 0.15) is 38.3 Å². The summed E-state index contributed by atoms with van der Waals surface area (Å²) in [5.41, 5.74) is 0. The number of carbonyl (C=O) groups is 1. The minimum atomic E-state index is 0.116. The molecule has 1 heterocycles. The summed E-state index contributed by atoms with van der Waals surface area (Å²) < 4.78 is 0. The van der Waals surface area contributed by atoms with Gasteiger partial charge in [-0.15, -0.1) is 0 Å². The van der Waals surface area contributed by atoms with Crippen molar-refractivity contribution in [1.82, 2.24) is 20.1 Å². The summed E-state index contributed by atoms with van der Waals surface area (Å²) in [6.45, 7) is 6.40. The van der Waals surface area contributed by atoms with Crippen LogP contribution in [0.3, 0.4) is 0 Å². The van der Waals surface area contributed by atoms with Gasteiger partial charge in [0.05, 0.1) is 6.54 Å². The van der Waals surface area contributed by atoms with E-state index in [9.17, 15) is 4.79 Å². The predicted molar refractivity (Wildman–Crippen MR) is 61.7 cm³/mol. The van der Waals surface area contributed by atoms with Crippen molar-refractivity contribution in [2.45, 2.75) is 40.2 Å². The molecule has 0 fully saturated rings. The molecular weight excluding hydrogens is 204 g/mol. The molecule has 1 aromatic rings. The molecule has 0 aliphatic heterocycles. The second kappa shape index (κ2) is 5.63. The van der Waals surface area contributed by atoms with Crippen molar-refractivity contribution < 1.29 is 4.79 Å². The Labute approximate surface area is 96.3 Å². The first kappa shape index (κ1) is 12.7. The molecule has 0 saturated carbocycles. The molecule has 0 atom stereocenters.